The van der Waals surface area contributed by atoms with Crippen molar-refractivity contribution in [1.29, 1.82) is 0 Å². The maximum atomic E-state index is 13.7. The molecule has 2 N–H and O–H groups in total. The first kappa shape index (κ1) is 32.8. The lowest BCUT2D eigenvalue weighted by Gasteiger charge is -2.14. The lowest BCUT2D eigenvalue weighted by Crippen LogP contribution is -2.09. The molecular formula is C31H35F3N2O5S. The molecule has 0 aliphatic carbocycles. The van der Waals surface area contributed by atoms with Crippen LogP contribution in [0.2, 0.25) is 0 Å². The van der Waals surface area contributed by atoms with Crippen LogP contribution in [0, 0.1) is 0 Å². The number of esters is 1. The Labute approximate surface area is 248 Å². The number of hydrogen-bond acceptors (Lipinski definition) is 8. The van der Waals surface area contributed by atoms with Gasteiger partial charge in [-0.1, -0.05) is 26.8 Å². The van der Waals surface area contributed by atoms with Gasteiger partial charge >= 0.3 is 12.1 Å². The minimum Gasteiger partial charge on any atom is -0.497 e. The number of pyridine rings is 1. The van der Waals surface area contributed by atoms with Crippen molar-refractivity contribution in [2.24, 2.45) is 5.73 Å². The maximum absolute atomic E-state index is 13.7. The number of fused-ring (bicyclic) bond motifs is 1. The first-order valence-corrected chi connectivity index (χ1v) is 13.6. The van der Waals surface area contributed by atoms with E-state index in [1.165, 1.54) is 19.4 Å². The van der Waals surface area contributed by atoms with Crippen LogP contribution in [-0.2, 0) is 35.3 Å². The summed E-state index contributed by atoms with van der Waals surface area (Å²) in [5.41, 5.74) is 7.56. The predicted molar refractivity (Wildman–Crippen MR) is 159 cm³/mol. The quantitative estimate of drug-likeness (QED) is 0.152. The number of nitrogens with zero attached hydrogens (tertiary/aromatic N) is 1. The summed E-state index contributed by atoms with van der Waals surface area (Å²) in [5, 5.41) is -0.0906. The Balaban J connectivity index is 0.000000892. The number of hydrogen-bond donors (Lipinski definition) is 2. The molecule has 4 rings (SSSR count). The summed E-state index contributed by atoms with van der Waals surface area (Å²) in [4.78, 5) is 16.2. The largest absolute Gasteiger partial charge is 0.497 e. The van der Waals surface area contributed by atoms with Gasteiger partial charge in [-0.15, -0.1) is 0 Å². The third-order valence-corrected chi connectivity index (χ3v) is 5.68. The molecule has 42 heavy (non-hydrogen) atoms. The molecule has 2 heterocycles. The maximum Gasteiger partial charge on any atom is 0.420 e. The van der Waals surface area contributed by atoms with Gasteiger partial charge < -0.3 is 24.4 Å². The highest BCUT2D eigenvalue weighted by Crippen LogP contribution is 2.40. The number of carbonyl (C=O) groups is 1. The second-order valence-corrected chi connectivity index (χ2v) is 11.7. The van der Waals surface area contributed by atoms with Crippen molar-refractivity contribution in [3.05, 3.63) is 77.3 Å². The van der Waals surface area contributed by atoms with Crippen LogP contribution >= 0.6 is 12.6 Å². The lowest BCUT2D eigenvalue weighted by molar-refractivity contribution is -0.142. The molecule has 0 saturated heterocycles. The van der Waals surface area contributed by atoms with Crippen molar-refractivity contribution in [3.8, 4) is 22.6 Å². The molecule has 0 unspecified atom stereocenters. The van der Waals surface area contributed by atoms with Crippen molar-refractivity contribution in [2.75, 3.05) is 13.7 Å². The van der Waals surface area contributed by atoms with Gasteiger partial charge in [0.15, 0.2) is 0 Å². The molecule has 0 aliphatic rings. The minimum absolute atomic E-state index is 0.0315. The Hall–Kier alpha value is -3.70. The number of methoxy groups -OCH3 is 1. The van der Waals surface area contributed by atoms with Crippen molar-refractivity contribution in [3.63, 3.8) is 0 Å². The van der Waals surface area contributed by atoms with Gasteiger partial charge in [0.2, 0.25) is 0 Å². The fourth-order valence-electron chi connectivity index (χ4n) is 3.94. The Morgan fingerprint density at radius 2 is 1.81 bits per heavy atom. The molecule has 11 heteroatoms. The standard InChI is InChI=1S/C27H25F3N2O5.C4H10S/c1-3-35-25(33)11-18-4-5-20(34-2)12-24(18)36-14-16-8-21(17-6-7-32-19(10-17)13-31)26-22(9-16)23(15-37-26)27(28,29)30;1-4(2,3)5/h4-10,12,15H,3,11,13-14,31H2,1-2H3;5H,1-3H3. The Kier molecular flexibility index (Phi) is 10.9. The number of rotatable bonds is 9. The molecule has 0 aliphatic heterocycles. The molecule has 0 spiro atoms. The molecule has 0 radical (unpaired) electrons. The zero-order valence-electron chi connectivity index (χ0n) is 24.2. The number of nitrogens with two attached hydrogens (primary N) is 1. The van der Waals surface area contributed by atoms with Gasteiger partial charge in [0.1, 0.15) is 35.5 Å². The van der Waals surface area contributed by atoms with E-state index in [1.807, 2.05) is 0 Å². The first-order chi connectivity index (χ1) is 19.7. The molecule has 2 aromatic heterocycles. The van der Waals surface area contributed by atoms with E-state index in [4.69, 9.17) is 24.4 Å². The van der Waals surface area contributed by atoms with Gasteiger partial charge in [0.25, 0.3) is 0 Å². The SMILES string of the molecule is CC(C)(C)S.CCOC(=O)Cc1ccc(OC)cc1OCc1cc(-c2ccnc(CN)c2)c2occ(C(F)(F)F)c2c1. The lowest BCUT2D eigenvalue weighted by atomic mass is 9.99. The minimum atomic E-state index is -4.61. The molecule has 0 amide bonds. The number of alkyl halides is 3. The number of thiol groups is 1. The summed E-state index contributed by atoms with van der Waals surface area (Å²) in [6.07, 6.45) is -2.39. The molecule has 7 nitrogen and oxygen atoms in total. The zero-order valence-corrected chi connectivity index (χ0v) is 25.1. The van der Waals surface area contributed by atoms with Crippen LogP contribution in [0.4, 0.5) is 13.2 Å². The van der Waals surface area contributed by atoms with Crippen LogP contribution in [-0.4, -0.2) is 29.4 Å². The van der Waals surface area contributed by atoms with Crippen molar-refractivity contribution < 1.29 is 36.6 Å². The average molecular weight is 605 g/mol. The van der Waals surface area contributed by atoms with Gasteiger partial charge in [0, 0.05) is 40.1 Å². The summed E-state index contributed by atoms with van der Waals surface area (Å²) >= 11 is 4.12. The number of furan rings is 1. The zero-order chi connectivity index (χ0) is 31.1. The van der Waals surface area contributed by atoms with E-state index in [1.54, 1.807) is 43.3 Å². The van der Waals surface area contributed by atoms with Crippen LogP contribution in [0.15, 0.2) is 59.3 Å². The molecule has 2 aromatic carbocycles. The fourth-order valence-corrected chi connectivity index (χ4v) is 3.94. The number of benzene rings is 2. The number of halogens is 3. The summed E-state index contributed by atoms with van der Waals surface area (Å²) in [6.45, 7) is 8.19. The van der Waals surface area contributed by atoms with Crippen LogP contribution in [0.3, 0.4) is 0 Å². The van der Waals surface area contributed by atoms with E-state index >= 15 is 0 Å². The van der Waals surface area contributed by atoms with E-state index < -0.39 is 17.7 Å². The van der Waals surface area contributed by atoms with Crippen LogP contribution in [0.25, 0.3) is 22.1 Å². The van der Waals surface area contributed by atoms with Gasteiger partial charge in [-0.2, -0.15) is 25.8 Å². The molecule has 0 saturated carbocycles. The van der Waals surface area contributed by atoms with Crippen LogP contribution < -0.4 is 15.2 Å². The second-order valence-electron chi connectivity index (χ2n) is 10.3. The van der Waals surface area contributed by atoms with Crippen LogP contribution in [0.5, 0.6) is 11.5 Å². The van der Waals surface area contributed by atoms with Gasteiger partial charge in [-0.3, -0.25) is 9.78 Å². The van der Waals surface area contributed by atoms with E-state index in [0.29, 0.717) is 45.7 Å². The first-order valence-electron chi connectivity index (χ1n) is 13.2. The van der Waals surface area contributed by atoms with Crippen molar-refractivity contribution in [1.82, 2.24) is 4.98 Å². The third kappa shape index (κ3) is 9.15. The molecule has 4 aromatic rings. The number of carbonyl (C=O) groups excluding carboxylic acids is 1. The highest BCUT2D eigenvalue weighted by Gasteiger charge is 2.35. The van der Waals surface area contributed by atoms with Crippen molar-refractivity contribution in [2.45, 2.75) is 58.2 Å². The Morgan fingerprint density at radius 1 is 1.10 bits per heavy atom. The number of ether oxygens (including phenoxy) is 3. The summed E-state index contributed by atoms with van der Waals surface area (Å²) in [6, 6.07) is 11.5. The summed E-state index contributed by atoms with van der Waals surface area (Å²) < 4.78 is 63.1. The third-order valence-electron chi connectivity index (χ3n) is 5.68. The van der Waals surface area contributed by atoms with E-state index in [9.17, 15) is 18.0 Å². The summed E-state index contributed by atoms with van der Waals surface area (Å²) in [5.74, 6) is 0.425. The van der Waals surface area contributed by atoms with Gasteiger partial charge in [-0.25, -0.2) is 0 Å². The van der Waals surface area contributed by atoms with E-state index in [0.717, 1.165) is 0 Å². The molecular weight excluding hydrogens is 569 g/mol. The van der Waals surface area contributed by atoms with Gasteiger partial charge in [-0.05, 0) is 48.4 Å². The highest BCUT2D eigenvalue weighted by molar-refractivity contribution is 7.81. The highest BCUT2D eigenvalue weighted by atomic mass is 32.1. The van der Waals surface area contributed by atoms with E-state index in [-0.39, 0.29) is 41.9 Å². The smallest absolute Gasteiger partial charge is 0.420 e. The van der Waals surface area contributed by atoms with Crippen LogP contribution in [0.1, 0.15) is 50.1 Å². The Morgan fingerprint density at radius 3 is 2.43 bits per heavy atom. The van der Waals surface area contributed by atoms with E-state index in [2.05, 4.69) is 38.4 Å². The summed E-state index contributed by atoms with van der Waals surface area (Å²) in [7, 11) is 1.49. The average Bonchev–Trinajstić information content (AvgIpc) is 3.36. The fraction of sp³-hybridized carbons (Fsp3) is 0.355. The molecule has 0 bridgehead atoms. The second kappa shape index (κ2) is 14.0. The predicted octanol–water partition coefficient (Wildman–Crippen LogP) is 7.38. The molecule has 226 valence electrons. The Bertz CT molecular complexity index is 1510. The van der Waals surface area contributed by atoms with Crippen molar-refractivity contribution >= 4 is 29.6 Å². The van der Waals surface area contributed by atoms with Gasteiger partial charge in [0.05, 0.1) is 25.8 Å². The topological polar surface area (TPSA) is 96.8 Å². The molecule has 0 fully saturated rings. The monoisotopic (exact) mass is 604 g/mol. The normalized spacial score (nSPS) is 11.6. The molecule has 0 atom stereocenters. The number of aromatic nitrogens is 1.